The molecule has 2 aromatic rings. The summed E-state index contributed by atoms with van der Waals surface area (Å²) in [4.78, 5) is 0. The van der Waals surface area contributed by atoms with Gasteiger partial charge in [-0.2, -0.15) is 0 Å². The number of hydrogen-bond donors (Lipinski definition) is 0. The Bertz CT molecular complexity index is 412. The molecule has 0 saturated heterocycles. The summed E-state index contributed by atoms with van der Waals surface area (Å²) in [5.74, 6) is 0.583. The zero-order valence-corrected chi connectivity index (χ0v) is 10.1. The Balaban J connectivity index is 2.29. The normalized spacial score (nSPS) is 11.7. The molecule has 2 nitrogen and oxygen atoms in total. The van der Waals surface area contributed by atoms with E-state index in [4.69, 9.17) is 4.52 Å². The van der Waals surface area contributed by atoms with Gasteiger partial charge >= 0.3 is 0 Å². The van der Waals surface area contributed by atoms with Gasteiger partial charge in [-0.05, 0) is 24.3 Å². The third kappa shape index (κ3) is 2.07. The monoisotopic (exact) mass is 223 g/mol. The average molecular weight is 223 g/mol. The molecule has 0 fully saturated rings. The number of rotatable bonds is 5. The van der Waals surface area contributed by atoms with Crippen LogP contribution in [0.1, 0.15) is 51.1 Å². The molecule has 82 valence electrons. The standard InChI is InChI=1S/C12H17NOS/c1-3-5-9(6-4-2)11-12-10(14-13-11)7-8-15-12/h7-9H,3-6H2,1-2H3. The van der Waals surface area contributed by atoms with Gasteiger partial charge in [0.1, 0.15) is 5.69 Å². The summed E-state index contributed by atoms with van der Waals surface area (Å²) < 4.78 is 6.57. The van der Waals surface area contributed by atoms with E-state index in [0.717, 1.165) is 5.58 Å². The van der Waals surface area contributed by atoms with Crippen LogP contribution < -0.4 is 0 Å². The van der Waals surface area contributed by atoms with E-state index in [1.807, 2.05) is 6.07 Å². The van der Waals surface area contributed by atoms with Gasteiger partial charge in [-0.1, -0.05) is 31.8 Å². The Hall–Kier alpha value is -0.830. The average Bonchev–Trinajstić information content (AvgIpc) is 2.78. The molecule has 0 aliphatic heterocycles. The van der Waals surface area contributed by atoms with Crippen molar-refractivity contribution in [1.29, 1.82) is 0 Å². The predicted molar refractivity (Wildman–Crippen MR) is 64.4 cm³/mol. The Morgan fingerprint density at radius 3 is 2.73 bits per heavy atom. The molecule has 0 spiro atoms. The van der Waals surface area contributed by atoms with Crippen LogP contribution in [0.25, 0.3) is 10.3 Å². The zero-order valence-electron chi connectivity index (χ0n) is 9.32. The lowest BCUT2D eigenvalue weighted by molar-refractivity contribution is 0.425. The van der Waals surface area contributed by atoms with Gasteiger partial charge in [-0.25, -0.2) is 0 Å². The highest BCUT2D eigenvalue weighted by molar-refractivity contribution is 7.17. The first-order valence-electron chi connectivity index (χ1n) is 5.69. The minimum atomic E-state index is 0.583. The lowest BCUT2D eigenvalue weighted by Crippen LogP contribution is -1.98. The van der Waals surface area contributed by atoms with Crippen molar-refractivity contribution in [3.63, 3.8) is 0 Å². The Morgan fingerprint density at radius 2 is 2.07 bits per heavy atom. The topological polar surface area (TPSA) is 26.0 Å². The van der Waals surface area contributed by atoms with Crippen LogP contribution in [0.15, 0.2) is 16.0 Å². The van der Waals surface area contributed by atoms with Crippen LogP contribution in [0, 0.1) is 0 Å². The van der Waals surface area contributed by atoms with E-state index in [9.17, 15) is 0 Å². The van der Waals surface area contributed by atoms with Crippen molar-refractivity contribution in [2.24, 2.45) is 0 Å². The summed E-state index contributed by atoms with van der Waals surface area (Å²) in [5, 5.41) is 6.31. The molecular formula is C12H17NOS. The maximum Gasteiger partial charge on any atom is 0.177 e. The molecule has 3 heteroatoms. The molecule has 0 bridgehead atoms. The molecule has 0 aliphatic carbocycles. The van der Waals surface area contributed by atoms with Gasteiger partial charge in [0.05, 0.1) is 4.70 Å². The molecule has 2 aromatic heterocycles. The molecule has 15 heavy (non-hydrogen) atoms. The highest BCUT2D eigenvalue weighted by Gasteiger charge is 2.18. The highest BCUT2D eigenvalue weighted by atomic mass is 32.1. The number of fused-ring (bicyclic) bond motifs is 1. The summed E-state index contributed by atoms with van der Waals surface area (Å²) in [6.45, 7) is 4.46. The van der Waals surface area contributed by atoms with Gasteiger partial charge < -0.3 is 4.52 Å². The summed E-state index contributed by atoms with van der Waals surface area (Å²) in [6.07, 6.45) is 4.86. The van der Waals surface area contributed by atoms with Gasteiger partial charge in [0.15, 0.2) is 5.58 Å². The van der Waals surface area contributed by atoms with E-state index >= 15 is 0 Å². The van der Waals surface area contributed by atoms with Gasteiger partial charge in [-0.3, -0.25) is 0 Å². The predicted octanol–water partition coefficient (Wildman–Crippen LogP) is 4.57. The molecular weight excluding hydrogens is 206 g/mol. The van der Waals surface area contributed by atoms with Crippen molar-refractivity contribution in [2.45, 2.75) is 45.4 Å². The van der Waals surface area contributed by atoms with Crippen LogP contribution in [-0.4, -0.2) is 5.16 Å². The van der Waals surface area contributed by atoms with Crippen LogP contribution in [0.5, 0.6) is 0 Å². The van der Waals surface area contributed by atoms with Gasteiger partial charge in [0.2, 0.25) is 0 Å². The summed E-state index contributed by atoms with van der Waals surface area (Å²) >= 11 is 1.74. The Morgan fingerprint density at radius 1 is 1.33 bits per heavy atom. The lowest BCUT2D eigenvalue weighted by Gasteiger charge is -2.11. The molecule has 0 radical (unpaired) electrons. The minimum Gasteiger partial charge on any atom is -0.355 e. The van der Waals surface area contributed by atoms with Crippen LogP contribution in [0.2, 0.25) is 0 Å². The Labute approximate surface area is 94.3 Å². The van der Waals surface area contributed by atoms with E-state index in [0.29, 0.717) is 5.92 Å². The molecule has 0 unspecified atom stereocenters. The maximum atomic E-state index is 5.32. The number of aromatic nitrogens is 1. The lowest BCUT2D eigenvalue weighted by atomic mass is 9.95. The van der Waals surface area contributed by atoms with Gasteiger partial charge in [-0.15, -0.1) is 11.3 Å². The fourth-order valence-electron chi connectivity index (χ4n) is 2.07. The minimum absolute atomic E-state index is 0.583. The zero-order chi connectivity index (χ0) is 10.7. The van der Waals surface area contributed by atoms with Crippen LogP contribution in [-0.2, 0) is 0 Å². The molecule has 0 aromatic carbocycles. The molecule has 0 saturated carbocycles. The van der Waals surface area contributed by atoms with Crippen molar-refractivity contribution in [3.8, 4) is 0 Å². The van der Waals surface area contributed by atoms with Gasteiger partial charge in [0, 0.05) is 5.92 Å². The first-order chi connectivity index (χ1) is 7.36. The number of hydrogen-bond acceptors (Lipinski definition) is 3. The second-order valence-corrected chi connectivity index (χ2v) is 4.87. The first kappa shape index (κ1) is 10.7. The smallest absolute Gasteiger partial charge is 0.177 e. The van der Waals surface area contributed by atoms with Crippen LogP contribution in [0.3, 0.4) is 0 Å². The van der Waals surface area contributed by atoms with E-state index in [1.165, 1.54) is 36.1 Å². The van der Waals surface area contributed by atoms with Crippen molar-refractivity contribution in [2.75, 3.05) is 0 Å². The fourth-order valence-corrected chi connectivity index (χ4v) is 2.94. The molecule has 2 heterocycles. The first-order valence-corrected chi connectivity index (χ1v) is 6.57. The summed E-state index contributed by atoms with van der Waals surface area (Å²) in [6, 6.07) is 2.01. The van der Waals surface area contributed by atoms with E-state index in [2.05, 4.69) is 24.4 Å². The highest BCUT2D eigenvalue weighted by Crippen LogP contribution is 2.34. The van der Waals surface area contributed by atoms with Crippen molar-refractivity contribution < 1.29 is 4.52 Å². The second-order valence-electron chi connectivity index (χ2n) is 3.96. The van der Waals surface area contributed by atoms with E-state index in [1.54, 1.807) is 11.3 Å². The van der Waals surface area contributed by atoms with Crippen LogP contribution >= 0.6 is 11.3 Å². The van der Waals surface area contributed by atoms with Crippen molar-refractivity contribution in [1.82, 2.24) is 5.16 Å². The third-order valence-corrected chi connectivity index (χ3v) is 3.68. The van der Waals surface area contributed by atoms with Crippen LogP contribution in [0.4, 0.5) is 0 Å². The molecule has 2 rings (SSSR count). The largest absolute Gasteiger partial charge is 0.355 e. The molecule has 0 amide bonds. The Kier molecular flexibility index (Phi) is 3.41. The fraction of sp³-hybridized carbons (Fsp3) is 0.583. The SMILES string of the molecule is CCCC(CCC)c1noc2ccsc12. The quantitative estimate of drug-likeness (QED) is 0.742. The molecule has 0 atom stereocenters. The summed E-state index contributed by atoms with van der Waals surface area (Å²) in [5.41, 5.74) is 2.14. The molecule has 0 N–H and O–H groups in total. The van der Waals surface area contributed by atoms with Crippen molar-refractivity contribution in [3.05, 3.63) is 17.1 Å². The maximum absolute atomic E-state index is 5.32. The molecule has 0 aliphatic rings. The van der Waals surface area contributed by atoms with Gasteiger partial charge in [0.25, 0.3) is 0 Å². The number of thiophene rings is 1. The second kappa shape index (κ2) is 4.79. The number of nitrogens with zero attached hydrogens (tertiary/aromatic N) is 1. The summed E-state index contributed by atoms with van der Waals surface area (Å²) in [7, 11) is 0. The third-order valence-electron chi connectivity index (χ3n) is 2.77. The van der Waals surface area contributed by atoms with E-state index in [-0.39, 0.29) is 0 Å². The van der Waals surface area contributed by atoms with Crippen molar-refractivity contribution >= 4 is 21.6 Å². The van der Waals surface area contributed by atoms with E-state index < -0.39 is 0 Å².